The number of hydrogen-bond acceptors (Lipinski definition) is 6. The first-order valence-electron chi connectivity index (χ1n) is 9.18. The average molecular weight is 555 g/mol. The lowest BCUT2D eigenvalue weighted by molar-refractivity contribution is -0.123. The molecule has 1 aliphatic rings. The highest BCUT2D eigenvalue weighted by Crippen LogP contribution is 2.37. The largest absolute Gasteiger partial charge is 0.493 e. The van der Waals surface area contributed by atoms with Crippen molar-refractivity contribution in [1.29, 1.82) is 0 Å². The van der Waals surface area contributed by atoms with Crippen molar-refractivity contribution in [2.24, 2.45) is 0 Å². The standard InChI is InChI=1S/C22H19FINO5S/c1-3-9-30-20-17(24)11-14(12-18(20)28-2)13-19-21(26)25(22(27)31-19)8-10-29-16-6-4-15(23)5-7-16/h3-7,11-13H,1,8-10H2,2H3. The lowest BCUT2D eigenvalue weighted by Crippen LogP contribution is -2.32. The Balaban J connectivity index is 1.70. The van der Waals surface area contributed by atoms with Gasteiger partial charge in [0.15, 0.2) is 11.5 Å². The van der Waals surface area contributed by atoms with Crippen LogP contribution in [0.2, 0.25) is 0 Å². The molecule has 0 aromatic heterocycles. The summed E-state index contributed by atoms with van der Waals surface area (Å²) in [4.78, 5) is 26.4. The predicted molar refractivity (Wildman–Crippen MR) is 126 cm³/mol. The topological polar surface area (TPSA) is 65.1 Å². The molecule has 31 heavy (non-hydrogen) atoms. The van der Waals surface area contributed by atoms with Crippen molar-refractivity contribution >= 4 is 51.6 Å². The Labute approximate surface area is 197 Å². The summed E-state index contributed by atoms with van der Waals surface area (Å²) < 4.78 is 30.3. The number of amides is 2. The Hall–Kier alpha value is -2.53. The van der Waals surface area contributed by atoms with Crippen molar-refractivity contribution < 1.29 is 28.2 Å². The van der Waals surface area contributed by atoms with E-state index in [2.05, 4.69) is 29.2 Å². The van der Waals surface area contributed by atoms with Crippen LogP contribution in [0.15, 0.2) is 54.0 Å². The van der Waals surface area contributed by atoms with E-state index in [4.69, 9.17) is 14.2 Å². The van der Waals surface area contributed by atoms with Crippen molar-refractivity contribution in [1.82, 2.24) is 4.90 Å². The summed E-state index contributed by atoms with van der Waals surface area (Å²) in [5.74, 6) is 0.816. The maximum absolute atomic E-state index is 12.9. The fourth-order valence-corrected chi connectivity index (χ4v) is 4.38. The Morgan fingerprint density at radius 2 is 1.94 bits per heavy atom. The van der Waals surface area contributed by atoms with Gasteiger partial charge in [0.2, 0.25) is 0 Å². The van der Waals surface area contributed by atoms with E-state index >= 15 is 0 Å². The molecule has 1 heterocycles. The molecule has 2 aromatic carbocycles. The average Bonchev–Trinajstić information content (AvgIpc) is 3.01. The summed E-state index contributed by atoms with van der Waals surface area (Å²) in [5, 5.41) is -0.369. The van der Waals surface area contributed by atoms with E-state index in [0.29, 0.717) is 34.3 Å². The zero-order valence-corrected chi connectivity index (χ0v) is 19.6. The molecule has 0 atom stereocenters. The quantitative estimate of drug-likeness (QED) is 0.243. The van der Waals surface area contributed by atoms with Crippen LogP contribution in [0.5, 0.6) is 17.2 Å². The predicted octanol–water partition coefficient (Wildman–Crippen LogP) is 5.12. The normalized spacial score (nSPS) is 14.8. The van der Waals surface area contributed by atoms with Crippen molar-refractivity contribution in [3.8, 4) is 17.2 Å². The molecule has 0 spiro atoms. The molecule has 9 heteroatoms. The summed E-state index contributed by atoms with van der Waals surface area (Å²) in [6.07, 6.45) is 3.28. The van der Waals surface area contributed by atoms with Crippen LogP contribution in [-0.2, 0) is 4.79 Å². The van der Waals surface area contributed by atoms with Gasteiger partial charge in [-0.05, 0) is 82.4 Å². The molecule has 0 bridgehead atoms. The highest BCUT2D eigenvalue weighted by molar-refractivity contribution is 14.1. The molecule has 0 radical (unpaired) electrons. The van der Waals surface area contributed by atoms with Gasteiger partial charge in [-0.3, -0.25) is 14.5 Å². The van der Waals surface area contributed by atoms with Gasteiger partial charge in [-0.25, -0.2) is 4.39 Å². The van der Waals surface area contributed by atoms with E-state index in [0.717, 1.165) is 20.2 Å². The molecular formula is C22H19FINO5S. The summed E-state index contributed by atoms with van der Waals surface area (Å²) in [6, 6.07) is 9.11. The lowest BCUT2D eigenvalue weighted by atomic mass is 10.2. The number of hydrogen-bond donors (Lipinski definition) is 0. The maximum Gasteiger partial charge on any atom is 0.293 e. The molecule has 162 valence electrons. The zero-order valence-electron chi connectivity index (χ0n) is 16.6. The van der Waals surface area contributed by atoms with Crippen molar-refractivity contribution in [3.63, 3.8) is 0 Å². The van der Waals surface area contributed by atoms with Crippen molar-refractivity contribution in [2.45, 2.75) is 0 Å². The van der Waals surface area contributed by atoms with Gasteiger partial charge in [0, 0.05) is 0 Å². The first-order chi connectivity index (χ1) is 14.9. The fraction of sp³-hybridized carbons (Fsp3) is 0.182. The second kappa shape index (κ2) is 10.7. The minimum atomic E-state index is -0.390. The zero-order chi connectivity index (χ0) is 22.4. The number of rotatable bonds is 9. The molecule has 0 saturated carbocycles. The molecule has 0 aliphatic carbocycles. The van der Waals surface area contributed by atoms with Gasteiger partial charge < -0.3 is 14.2 Å². The minimum absolute atomic E-state index is 0.0918. The number of carbonyl (C=O) groups excluding carboxylic acids is 2. The van der Waals surface area contributed by atoms with Gasteiger partial charge in [0.25, 0.3) is 11.1 Å². The summed E-state index contributed by atoms with van der Waals surface area (Å²) in [5.41, 5.74) is 0.709. The number of carbonyl (C=O) groups is 2. The number of imide groups is 1. The molecule has 1 fully saturated rings. The summed E-state index contributed by atoms with van der Waals surface area (Å²) in [7, 11) is 1.53. The second-order valence-corrected chi connectivity index (χ2v) is 8.42. The van der Waals surface area contributed by atoms with Gasteiger partial charge in [-0.1, -0.05) is 12.7 Å². The van der Waals surface area contributed by atoms with Crippen LogP contribution in [0.3, 0.4) is 0 Å². The molecule has 0 N–H and O–H groups in total. The third kappa shape index (κ3) is 5.79. The number of halogens is 2. The second-order valence-electron chi connectivity index (χ2n) is 6.27. The van der Waals surface area contributed by atoms with Crippen LogP contribution >= 0.6 is 34.4 Å². The van der Waals surface area contributed by atoms with E-state index in [-0.39, 0.29) is 24.2 Å². The third-order valence-corrected chi connectivity index (χ3v) is 5.87. The summed E-state index contributed by atoms with van der Waals surface area (Å²) >= 11 is 2.99. The molecule has 1 aliphatic heterocycles. The van der Waals surface area contributed by atoms with Gasteiger partial charge in [0.05, 0.1) is 22.1 Å². The maximum atomic E-state index is 12.9. The van der Waals surface area contributed by atoms with E-state index in [9.17, 15) is 14.0 Å². The van der Waals surface area contributed by atoms with Gasteiger partial charge in [0.1, 0.15) is 24.8 Å². The first kappa shape index (κ1) is 23.1. The first-order valence-corrected chi connectivity index (χ1v) is 11.1. The molecule has 2 aromatic rings. The van der Waals surface area contributed by atoms with Crippen molar-refractivity contribution in [3.05, 3.63) is 68.9 Å². The van der Waals surface area contributed by atoms with Crippen LogP contribution in [0.1, 0.15) is 5.56 Å². The van der Waals surface area contributed by atoms with E-state index in [1.165, 1.54) is 31.4 Å². The molecule has 1 saturated heterocycles. The van der Waals surface area contributed by atoms with Crippen LogP contribution < -0.4 is 14.2 Å². The van der Waals surface area contributed by atoms with Crippen LogP contribution in [0.4, 0.5) is 9.18 Å². The van der Waals surface area contributed by atoms with Gasteiger partial charge in [-0.15, -0.1) is 0 Å². The number of ether oxygens (including phenoxy) is 3. The monoisotopic (exact) mass is 555 g/mol. The molecule has 2 amide bonds. The number of benzene rings is 2. The van der Waals surface area contributed by atoms with E-state index < -0.39 is 5.91 Å². The van der Waals surface area contributed by atoms with Crippen molar-refractivity contribution in [2.75, 3.05) is 26.9 Å². The molecular weight excluding hydrogens is 536 g/mol. The SMILES string of the molecule is C=CCOc1c(I)cc(C=C2SC(=O)N(CCOc3ccc(F)cc3)C2=O)cc1OC. The molecule has 6 nitrogen and oxygen atoms in total. The number of thioether (sulfide) groups is 1. The van der Waals surface area contributed by atoms with Gasteiger partial charge >= 0.3 is 0 Å². The van der Waals surface area contributed by atoms with Crippen LogP contribution in [-0.4, -0.2) is 42.9 Å². The molecule has 0 unspecified atom stereocenters. The van der Waals surface area contributed by atoms with E-state index in [1.807, 2.05) is 6.07 Å². The van der Waals surface area contributed by atoms with Crippen LogP contribution in [0.25, 0.3) is 6.08 Å². The van der Waals surface area contributed by atoms with E-state index in [1.54, 1.807) is 18.2 Å². The smallest absolute Gasteiger partial charge is 0.293 e. The number of nitrogens with zero attached hydrogens (tertiary/aromatic N) is 1. The molecule has 3 rings (SSSR count). The lowest BCUT2D eigenvalue weighted by Gasteiger charge is -2.13. The highest BCUT2D eigenvalue weighted by Gasteiger charge is 2.34. The Kier molecular flexibility index (Phi) is 7.97. The Morgan fingerprint density at radius 3 is 2.61 bits per heavy atom. The third-order valence-electron chi connectivity index (χ3n) is 4.17. The van der Waals surface area contributed by atoms with Crippen LogP contribution in [0, 0.1) is 9.39 Å². The fourth-order valence-electron chi connectivity index (χ4n) is 2.74. The minimum Gasteiger partial charge on any atom is -0.493 e. The Bertz CT molecular complexity index is 1030. The number of methoxy groups -OCH3 is 1. The van der Waals surface area contributed by atoms with Gasteiger partial charge in [-0.2, -0.15) is 0 Å². The summed E-state index contributed by atoms with van der Waals surface area (Å²) in [6.45, 7) is 4.17. The Morgan fingerprint density at radius 1 is 1.19 bits per heavy atom. The highest BCUT2D eigenvalue weighted by atomic mass is 127.